The van der Waals surface area contributed by atoms with Gasteiger partial charge < -0.3 is 0 Å². The molecule has 0 aliphatic carbocycles. The van der Waals surface area contributed by atoms with Crippen LogP contribution in [0.5, 0.6) is 0 Å². The first kappa shape index (κ1) is 14.4. The van der Waals surface area contributed by atoms with Crippen LogP contribution in [0.1, 0.15) is 16.8 Å². The van der Waals surface area contributed by atoms with Gasteiger partial charge in [0.15, 0.2) is 5.69 Å². The number of benzene rings is 2. The van der Waals surface area contributed by atoms with Crippen LogP contribution in [0.15, 0.2) is 48.5 Å². The Morgan fingerprint density at radius 1 is 0.957 bits per heavy atom. The van der Waals surface area contributed by atoms with Crippen molar-refractivity contribution in [1.82, 2.24) is 15.0 Å². The molecule has 0 saturated carbocycles. The molecule has 0 saturated heterocycles. The number of nitrogens with zero attached hydrogens (tertiary/aromatic N) is 5. The molecule has 0 amide bonds. The third kappa shape index (κ3) is 2.92. The minimum atomic E-state index is -0.308. The van der Waals surface area contributed by atoms with Crippen LogP contribution in [0.4, 0.5) is 4.39 Å². The Morgan fingerprint density at radius 2 is 1.65 bits per heavy atom. The maximum atomic E-state index is 13.0. The average Bonchev–Trinajstić information content (AvgIpc) is 2.99. The molecule has 3 rings (SSSR count). The third-order valence-electron chi connectivity index (χ3n) is 3.37. The van der Waals surface area contributed by atoms with Crippen LogP contribution in [0.3, 0.4) is 0 Å². The van der Waals surface area contributed by atoms with Crippen molar-refractivity contribution in [1.29, 1.82) is 10.5 Å². The molecule has 5 nitrogen and oxygen atoms in total. The Kier molecular flexibility index (Phi) is 3.82. The molecule has 23 heavy (non-hydrogen) atoms. The largest absolute Gasteiger partial charge is 0.239 e. The number of hydrogen-bond acceptors (Lipinski definition) is 4. The summed E-state index contributed by atoms with van der Waals surface area (Å²) in [4.78, 5) is 0. The number of nitriles is 2. The lowest BCUT2D eigenvalue weighted by molar-refractivity contribution is 0.622. The average molecular weight is 303 g/mol. The molecule has 0 radical (unpaired) electrons. The molecule has 3 aromatic rings. The van der Waals surface area contributed by atoms with E-state index in [-0.39, 0.29) is 11.5 Å². The van der Waals surface area contributed by atoms with Crippen LogP contribution in [0.2, 0.25) is 0 Å². The third-order valence-corrected chi connectivity index (χ3v) is 3.37. The highest BCUT2D eigenvalue weighted by Crippen LogP contribution is 2.23. The fraction of sp³-hybridized carbons (Fsp3) is 0.0588. The van der Waals surface area contributed by atoms with Crippen LogP contribution in [0, 0.1) is 28.5 Å². The van der Waals surface area contributed by atoms with E-state index in [0.717, 1.165) is 11.1 Å². The van der Waals surface area contributed by atoms with Gasteiger partial charge in [-0.1, -0.05) is 29.5 Å². The summed E-state index contributed by atoms with van der Waals surface area (Å²) in [6.07, 6.45) is 0. The molecular formula is C17H10FN5. The summed E-state index contributed by atoms with van der Waals surface area (Å²) in [5.74, 6) is -0.308. The van der Waals surface area contributed by atoms with E-state index in [1.54, 1.807) is 41.1 Å². The van der Waals surface area contributed by atoms with E-state index in [2.05, 4.69) is 10.3 Å². The van der Waals surface area contributed by atoms with Gasteiger partial charge in [-0.05, 0) is 29.8 Å². The van der Waals surface area contributed by atoms with Crippen LogP contribution in [0.25, 0.3) is 11.3 Å². The molecule has 0 fully saturated rings. The first-order valence-electron chi connectivity index (χ1n) is 6.80. The number of halogens is 1. The smallest absolute Gasteiger partial charge is 0.190 e. The zero-order valence-corrected chi connectivity index (χ0v) is 11.9. The van der Waals surface area contributed by atoms with Gasteiger partial charge in [-0.3, -0.25) is 0 Å². The summed E-state index contributed by atoms with van der Waals surface area (Å²) in [5, 5.41) is 26.0. The van der Waals surface area contributed by atoms with Gasteiger partial charge in [-0.25, -0.2) is 9.07 Å². The molecule has 0 bridgehead atoms. The van der Waals surface area contributed by atoms with Crippen LogP contribution >= 0.6 is 0 Å². The number of rotatable bonds is 3. The Morgan fingerprint density at radius 3 is 2.26 bits per heavy atom. The summed E-state index contributed by atoms with van der Waals surface area (Å²) >= 11 is 0. The lowest BCUT2D eigenvalue weighted by Crippen LogP contribution is -2.04. The number of aromatic nitrogens is 3. The van der Waals surface area contributed by atoms with E-state index < -0.39 is 0 Å². The molecule has 1 heterocycles. The fourth-order valence-corrected chi connectivity index (χ4v) is 2.25. The number of hydrogen-bond donors (Lipinski definition) is 0. The highest BCUT2D eigenvalue weighted by atomic mass is 19.1. The SMILES string of the molecule is N#Cc1ccc(-c2c(C#N)nnn2Cc2ccc(F)cc2)cc1. The maximum absolute atomic E-state index is 13.0. The van der Waals surface area contributed by atoms with Crippen molar-refractivity contribution in [3.05, 3.63) is 71.2 Å². The van der Waals surface area contributed by atoms with Gasteiger partial charge in [0.2, 0.25) is 0 Å². The van der Waals surface area contributed by atoms with Crippen LogP contribution in [-0.4, -0.2) is 15.0 Å². The van der Waals surface area contributed by atoms with E-state index in [1.807, 2.05) is 12.1 Å². The summed E-state index contributed by atoms with van der Waals surface area (Å²) in [7, 11) is 0. The molecule has 0 aliphatic rings. The zero-order valence-electron chi connectivity index (χ0n) is 11.9. The highest BCUT2D eigenvalue weighted by Gasteiger charge is 2.15. The second-order valence-corrected chi connectivity index (χ2v) is 4.87. The van der Waals surface area contributed by atoms with Gasteiger partial charge in [0.25, 0.3) is 0 Å². The van der Waals surface area contributed by atoms with Crippen molar-refractivity contribution in [2.75, 3.05) is 0 Å². The molecule has 0 aliphatic heterocycles. The van der Waals surface area contributed by atoms with E-state index >= 15 is 0 Å². The second-order valence-electron chi connectivity index (χ2n) is 4.87. The zero-order chi connectivity index (χ0) is 16.2. The van der Waals surface area contributed by atoms with Crippen molar-refractivity contribution < 1.29 is 4.39 Å². The summed E-state index contributed by atoms with van der Waals surface area (Å²) < 4.78 is 14.6. The first-order valence-corrected chi connectivity index (χ1v) is 6.80. The summed E-state index contributed by atoms with van der Waals surface area (Å²) in [6.45, 7) is 0.365. The minimum Gasteiger partial charge on any atom is -0.239 e. The lowest BCUT2D eigenvalue weighted by Gasteiger charge is -2.07. The molecular weight excluding hydrogens is 293 g/mol. The van der Waals surface area contributed by atoms with E-state index in [1.165, 1.54) is 12.1 Å². The van der Waals surface area contributed by atoms with E-state index in [9.17, 15) is 9.65 Å². The molecule has 6 heteroatoms. The minimum absolute atomic E-state index is 0.205. The normalized spacial score (nSPS) is 10.0. The van der Waals surface area contributed by atoms with E-state index in [4.69, 9.17) is 5.26 Å². The molecule has 0 atom stereocenters. The molecule has 1 aromatic heterocycles. The molecule has 0 unspecified atom stereocenters. The predicted octanol–water partition coefficient (Wildman–Crippen LogP) is 2.88. The quantitative estimate of drug-likeness (QED) is 0.745. The van der Waals surface area contributed by atoms with Gasteiger partial charge in [0.1, 0.15) is 17.6 Å². The van der Waals surface area contributed by atoms with Crippen molar-refractivity contribution in [2.45, 2.75) is 6.54 Å². The van der Waals surface area contributed by atoms with Crippen LogP contribution in [-0.2, 0) is 6.54 Å². The van der Waals surface area contributed by atoms with Gasteiger partial charge in [-0.2, -0.15) is 10.5 Å². The second kappa shape index (κ2) is 6.08. The van der Waals surface area contributed by atoms with Gasteiger partial charge in [-0.15, -0.1) is 5.10 Å². The van der Waals surface area contributed by atoms with Gasteiger partial charge >= 0.3 is 0 Å². The summed E-state index contributed by atoms with van der Waals surface area (Å²) in [6, 6.07) is 17.0. The monoisotopic (exact) mass is 303 g/mol. The fourth-order valence-electron chi connectivity index (χ4n) is 2.25. The lowest BCUT2D eigenvalue weighted by atomic mass is 10.1. The van der Waals surface area contributed by atoms with Crippen LogP contribution < -0.4 is 0 Å². The van der Waals surface area contributed by atoms with Gasteiger partial charge in [0.05, 0.1) is 18.2 Å². The molecule has 110 valence electrons. The first-order chi connectivity index (χ1) is 11.2. The molecule has 0 spiro atoms. The van der Waals surface area contributed by atoms with Crippen molar-refractivity contribution >= 4 is 0 Å². The van der Waals surface area contributed by atoms with E-state index in [0.29, 0.717) is 17.8 Å². The Hall–Kier alpha value is -3.51. The predicted molar refractivity (Wildman–Crippen MR) is 80.4 cm³/mol. The molecule has 2 aromatic carbocycles. The van der Waals surface area contributed by atoms with Gasteiger partial charge in [0, 0.05) is 5.56 Å². The van der Waals surface area contributed by atoms with Crippen molar-refractivity contribution in [3.63, 3.8) is 0 Å². The summed E-state index contributed by atoms with van der Waals surface area (Å²) in [5.41, 5.74) is 2.89. The van der Waals surface area contributed by atoms with Crippen molar-refractivity contribution in [3.8, 4) is 23.4 Å². The standard InChI is InChI=1S/C17H10FN5/c18-15-7-3-13(4-8-15)11-23-17(16(10-20)21-22-23)14-5-1-12(9-19)2-6-14/h1-8H,11H2. The highest BCUT2D eigenvalue weighted by molar-refractivity contribution is 5.65. The molecule has 0 N–H and O–H groups in total. The Balaban J connectivity index is 2.01. The Labute approximate surface area is 131 Å². The maximum Gasteiger partial charge on any atom is 0.190 e. The van der Waals surface area contributed by atoms with Crippen molar-refractivity contribution in [2.24, 2.45) is 0 Å². The topological polar surface area (TPSA) is 78.3 Å². The Bertz CT molecular complexity index is 912.